The standard InChI is InChI=1S/C20H30O6/c1-9-10-4-5-11-18-8-26-20(25,19(11,14(9)22)15(10)23)16(24)13(18)17(2,3)7-6-12(18)21/h9-13,15-16,21,23-25H,4-8H2,1-3H3/t9?,10-,11-,12-,13+,15+,16-,18+,19-,20+/m0/s1. The van der Waals surface area contributed by atoms with Gasteiger partial charge >= 0.3 is 0 Å². The molecule has 6 nitrogen and oxygen atoms in total. The number of aliphatic hydroxyl groups excluding tert-OH is 3. The molecule has 2 heterocycles. The summed E-state index contributed by atoms with van der Waals surface area (Å²) in [4.78, 5) is 13.4. The predicted molar refractivity (Wildman–Crippen MR) is 90.7 cm³/mol. The highest BCUT2D eigenvalue weighted by Gasteiger charge is 2.87. The lowest BCUT2D eigenvalue weighted by molar-refractivity contribution is -0.458. The summed E-state index contributed by atoms with van der Waals surface area (Å²) in [5.74, 6) is -3.63. The fraction of sp³-hybridized carbons (Fsp3) is 0.950. The molecule has 0 radical (unpaired) electrons. The minimum atomic E-state index is -2.08. The Balaban J connectivity index is 1.80. The molecule has 4 aliphatic carbocycles. The lowest BCUT2D eigenvalue weighted by atomic mass is 9.35. The minimum absolute atomic E-state index is 0.126. The molecule has 146 valence electrons. The van der Waals surface area contributed by atoms with Crippen LogP contribution in [-0.2, 0) is 9.53 Å². The van der Waals surface area contributed by atoms with Crippen molar-refractivity contribution in [1.29, 1.82) is 0 Å². The topological polar surface area (TPSA) is 107 Å². The second-order valence-electron chi connectivity index (χ2n) is 10.3. The molecule has 0 aromatic rings. The van der Waals surface area contributed by atoms with Gasteiger partial charge in [-0.25, -0.2) is 0 Å². The first kappa shape index (κ1) is 17.6. The summed E-state index contributed by atoms with van der Waals surface area (Å²) in [7, 11) is 0. The van der Waals surface area contributed by atoms with E-state index < -0.39 is 34.9 Å². The summed E-state index contributed by atoms with van der Waals surface area (Å²) in [5, 5.41) is 45.3. The van der Waals surface area contributed by atoms with Gasteiger partial charge in [-0.05, 0) is 42.9 Å². The SMILES string of the molecule is CC1C(=O)[C@]23[C@H](O)[C@H]1CC[C@H]2[C@@]12CO[C@]3(O)[C@@H](O)[C@@H]1C(C)(C)CC[C@@H]2O. The Labute approximate surface area is 153 Å². The van der Waals surface area contributed by atoms with E-state index in [0.717, 1.165) is 6.42 Å². The van der Waals surface area contributed by atoms with Gasteiger partial charge in [0.2, 0.25) is 5.79 Å². The quantitative estimate of drug-likeness (QED) is 0.496. The van der Waals surface area contributed by atoms with Crippen LogP contribution in [0.5, 0.6) is 0 Å². The van der Waals surface area contributed by atoms with Crippen molar-refractivity contribution in [2.75, 3.05) is 6.61 Å². The molecule has 6 rings (SSSR count). The Hall–Kier alpha value is -0.530. The molecule has 0 amide bonds. The van der Waals surface area contributed by atoms with E-state index in [9.17, 15) is 25.2 Å². The number of hydrogen-bond donors (Lipinski definition) is 4. The van der Waals surface area contributed by atoms with Crippen LogP contribution in [-0.4, -0.2) is 56.9 Å². The van der Waals surface area contributed by atoms with Crippen LogP contribution in [0, 0.1) is 39.9 Å². The summed E-state index contributed by atoms with van der Waals surface area (Å²) in [6.07, 6.45) is -0.376. The number of carbonyl (C=O) groups is 1. The second kappa shape index (κ2) is 4.71. The third-order valence-corrected chi connectivity index (χ3v) is 9.28. The first-order chi connectivity index (χ1) is 12.1. The van der Waals surface area contributed by atoms with E-state index >= 15 is 0 Å². The third-order valence-electron chi connectivity index (χ3n) is 9.28. The van der Waals surface area contributed by atoms with Crippen molar-refractivity contribution in [1.82, 2.24) is 0 Å². The zero-order valence-corrected chi connectivity index (χ0v) is 15.7. The number of hydrogen-bond acceptors (Lipinski definition) is 6. The van der Waals surface area contributed by atoms with Crippen molar-refractivity contribution in [3.63, 3.8) is 0 Å². The number of aliphatic hydroxyl groups is 4. The second-order valence-corrected chi connectivity index (χ2v) is 10.3. The Morgan fingerprint density at radius 1 is 1.08 bits per heavy atom. The molecule has 6 fully saturated rings. The smallest absolute Gasteiger partial charge is 0.208 e. The number of Topliss-reactive ketones (excluding diaryl/α,β-unsaturated/α-hetero) is 1. The van der Waals surface area contributed by atoms with E-state index in [4.69, 9.17) is 4.74 Å². The number of ether oxygens (including phenoxy) is 1. The average molecular weight is 366 g/mol. The zero-order chi connectivity index (χ0) is 18.9. The van der Waals surface area contributed by atoms with Crippen LogP contribution in [0.15, 0.2) is 0 Å². The fourth-order valence-electron chi connectivity index (χ4n) is 8.27. The molecular formula is C20H30O6. The van der Waals surface area contributed by atoms with Crippen molar-refractivity contribution >= 4 is 5.78 Å². The maximum Gasteiger partial charge on any atom is 0.208 e. The molecule has 0 aromatic heterocycles. The summed E-state index contributed by atoms with van der Waals surface area (Å²) in [5.41, 5.74) is -2.64. The van der Waals surface area contributed by atoms with Crippen LogP contribution in [0.4, 0.5) is 0 Å². The largest absolute Gasteiger partial charge is 0.392 e. The number of carbonyl (C=O) groups excluding carboxylic acids is 1. The molecule has 4 N–H and O–H groups in total. The lowest BCUT2D eigenvalue weighted by Gasteiger charge is -2.74. The van der Waals surface area contributed by atoms with Gasteiger partial charge in [0.25, 0.3) is 0 Å². The maximum absolute atomic E-state index is 13.4. The number of rotatable bonds is 0. The van der Waals surface area contributed by atoms with E-state index in [1.54, 1.807) is 0 Å². The Morgan fingerprint density at radius 2 is 1.77 bits per heavy atom. The minimum Gasteiger partial charge on any atom is -0.392 e. The lowest BCUT2D eigenvalue weighted by Crippen LogP contribution is -2.85. The van der Waals surface area contributed by atoms with E-state index in [0.29, 0.717) is 19.3 Å². The molecule has 0 aromatic carbocycles. The summed E-state index contributed by atoms with van der Waals surface area (Å²) in [6, 6.07) is 0. The van der Waals surface area contributed by atoms with Gasteiger partial charge in [0.1, 0.15) is 11.5 Å². The first-order valence-electron chi connectivity index (χ1n) is 10.0. The molecule has 26 heavy (non-hydrogen) atoms. The maximum atomic E-state index is 13.4. The Morgan fingerprint density at radius 3 is 2.46 bits per heavy atom. The fourth-order valence-corrected chi connectivity index (χ4v) is 8.27. The molecule has 4 bridgehead atoms. The van der Waals surface area contributed by atoms with Crippen LogP contribution in [0.2, 0.25) is 0 Å². The van der Waals surface area contributed by atoms with Gasteiger partial charge in [0.15, 0.2) is 5.78 Å². The van der Waals surface area contributed by atoms with Crippen molar-refractivity contribution in [3.05, 3.63) is 0 Å². The summed E-state index contributed by atoms with van der Waals surface area (Å²) in [6.45, 7) is 6.06. The van der Waals surface area contributed by atoms with Gasteiger partial charge in [0.05, 0.1) is 18.8 Å². The van der Waals surface area contributed by atoms with Crippen molar-refractivity contribution < 1.29 is 30.0 Å². The highest BCUT2D eigenvalue weighted by Crippen LogP contribution is 2.76. The van der Waals surface area contributed by atoms with Crippen molar-refractivity contribution in [3.8, 4) is 0 Å². The van der Waals surface area contributed by atoms with Crippen LogP contribution in [0.25, 0.3) is 0 Å². The average Bonchev–Trinajstić information content (AvgIpc) is 2.69. The molecule has 2 spiro atoms. The molecule has 2 aliphatic heterocycles. The van der Waals surface area contributed by atoms with Crippen LogP contribution in [0.3, 0.4) is 0 Å². The van der Waals surface area contributed by atoms with E-state index in [1.807, 2.05) is 6.92 Å². The van der Waals surface area contributed by atoms with Crippen LogP contribution in [0.1, 0.15) is 46.5 Å². The van der Waals surface area contributed by atoms with Gasteiger partial charge in [-0.15, -0.1) is 0 Å². The van der Waals surface area contributed by atoms with Crippen molar-refractivity contribution in [2.45, 2.75) is 70.6 Å². The molecule has 6 heteroatoms. The Kier molecular flexibility index (Phi) is 3.18. The van der Waals surface area contributed by atoms with E-state index in [1.165, 1.54) is 0 Å². The molecule has 10 atom stereocenters. The van der Waals surface area contributed by atoms with Crippen molar-refractivity contribution in [2.24, 2.45) is 39.9 Å². The van der Waals surface area contributed by atoms with Gasteiger partial charge in [-0.1, -0.05) is 20.8 Å². The highest BCUT2D eigenvalue weighted by atomic mass is 16.6. The molecule has 6 aliphatic rings. The van der Waals surface area contributed by atoms with E-state index in [-0.39, 0.29) is 41.5 Å². The van der Waals surface area contributed by atoms with Crippen LogP contribution < -0.4 is 0 Å². The first-order valence-corrected chi connectivity index (χ1v) is 10.0. The third kappa shape index (κ3) is 1.45. The van der Waals surface area contributed by atoms with Gasteiger partial charge < -0.3 is 25.2 Å². The van der Waals surface area contributed by atoms with E-state index in [2.05, 4.69) is 13.8 Å². The van der Waals surface area contributed by atoms with Crippen LogP contribution >= 0.6 is 0 Å². The normalized spacial score (nSPS) is 62.7. The predicted octanol–water partition coefficient (Wildman–Crippen LogP) is 0.455. The number of fused-ring (bicyclic) bond motifs is 2. The molecule has 1 unspecified atom stereocenters. The zero-order valence-electron chi connectivity index (χ0n) is 15.7. The molecule has 2 saturated heterocycles. The van der Waals surface area contributed by atoms with Gasteiger partial charge in [-0.2, -0.15) is 0 Å². The highest BCUT2D eigenvalue weighted by molar-refractivity contribution is 5.93. The Bertz CT molecular complexity index is 677. The van der Waals surface area contributed by atoms with Gasteiger partial charge in [0, 0.05) is 17.3 Å². The summed E-state index contributed by atoms with van der Waals surface area (Å²) >= 11 is 0. The molecular weight excluding hydrogens is 336 g/mol. The number of ketones is 1. The summed E-state index contributed by atoms with van der Waals surface area (Å²) < 4.78 is 5.84. The monoisotopic (exact) mass is 366 g/mol. The van der Waals surface area contributed by atoms with Gasteiger partial charge in [-0.3, -0.25) is 4.79 Å². The molecule has 4 saturated carbocycles.